The van der Waals surface area contributed by atoms with Crippen molar-refractivity contribution in [3.63, 3.8) is 0 Å². The summed E-state index contributed by atoms with van der Waals surface area (Å²) in [6.07, 6.45) is 3.55. The highest BCUT2D eigenvalue weighted by molar-refractivity contribution is 9.10. The standard InChI is InChI=1S/C6H6BrN2/c1-2-6-5(7)3-4-8-9-6/h2-4H,1H3. The molecular formula is C6H6BrN2. The Balaban J connectivity index is 3.01. The van der Waals surface area contributed by atoms with Crippen molar-refractivity contribution in [2.45, 2.75) is 6.92 Å². The molecule has 1 radical (unpaired) electrons. The molecule has 0 spiro atoms. The maximum atomic E-state index is 3.84. The lowest BCUT2D eigenvalue weighted by molar-refractivity contribution is 0.977. The van der Waals surface area contributed by atoms with E-state index in [1.807, 2.05) is 19.4 Å². The van der Waals surface area contributed by atoms with Crippen LogP contribution in [0.25, 0.3) is 0 Å². The molecule has 0 aliphatic heterocycles. The van der Waals surface area contributed by atoms with Crippen LogP contribution in [0.15, 0.2) is 16.7 Å². The molecule has 2 nitrogen and oxygen atoms in total. The molecule has 0 atom stereocenters. The van der Waals surface area contributed by atoms with Gasteiger partial charge >= 0.3 is 0 Å². The van der Waals surface area contributed by atoms with E-state index in [4.69, 9.17) is 0 Å². The van der Waals surface area contributed by atoms with Gasteiger partial charge in [0.25, 0.3) is 0 Å². The molecule has 3 heteroatoms. The van der Waals surface area contributed by atoms with Crippen LogP contribution in [0.3, 0.4) is 0 Å². The van der Waals surface area contributed by atoms with Gasteiger partial charge in [-0.1, -0.05) is 6.92 Å². The summed E-state index contributed by atoms with van der Waals surface area (Å²) in [6.45, 7) is 1.93. The van der Waals surface area contributed by atoms with Crippen molar-refractivity contribution in [2.75, 3.05) is 0 Å². The zero-order valence-electron chi connectivity index (χ0n) is 5.00. The summed E-state index contributed by atoms with van der Waals surface area (Å²) < 4.78 is 0.986. The van der Waals surface area contributed by atoms with Crippen LogP contribution in [0.5, 0.6) is 0 Å². The predicted molar refractivity (Wildman–Crippen MR) is 38.8 cm³/mol. The topological polar surface area (TPSA) is 25.8 Å². The fourth-order valence-corrected chi connectivity index (χ4v) is 0.950. The molecule has 47 valence electrons. The highest BCUT2D eigenvalue weighted by Crippen LogP contribution is 2.12. The third-order valence-corrected chi connectivity index (χ3v) is 1.64. The van der Waals surface area contributed by atoms with Crippen molar-refractivity contribution >= 4 is 15.9 Å². The minimum absolute atomic E-state index is 0.887. The maximum absolute atomic E-state index is 3.84. The zero-order chi connectivity index (χ0) is 6.69. The first-order valence-corrected chi connectivity index (χ1v) is 3.40. The summed E-state index contributed by atoms with van der Waals surface area (Å²) in [7, 11) is 0. The second-order valence-electron chi connectivity index (χ2n) is 1.55. The van der Waals surface area contributed by atoms with Crippen LogP contribution >= 0.6 is 15.9 Å². The summed E-state index contributed by atoms with van der Waals surface area (Å²) in [6, 6.07) is 1.86. The summed E-state index contributed by atoms with van der Waals surface area (Å²) in [4.78, 5) is 0. The molecule has 0 fully saturated rings. The van der Waals surface area contributed by atoms with Crippen LogP contribution in [0.1, 0.15) is 12.6 Å². The Bertz CT molecular complexity index is 200. The molecular weight excluding hydrogens is 180 g/mol. The van der Waals surface area contributed by atoms with E-state index in [0.717, 1.165) is 10.2 Å². The highest BCUT2D eigenvalue weighted by atomic mass is 79.9. The predicted octanol–water partition coefficient (Wildman–Crippen LogP) is 1.81. The van der Waals surface area contributed by atoms with Gasteiger partial charge in [-0.3, -0.25) is 0 Å². The number of hydrogen-bond donors (Lipinski definition) is 0. The first kappa shape index (κ1) is 6.68. The Morgan fingerprint density at radius 1 is 1.67 bits per heavy atom. The van der Waals surface area contributed by atoms with E-state index in [1.165, 1.54) is 0 Å². The Hall–Kier alpha value is -0.440. The third kappa shape index (κ3) is 1.48. The number of halogens is 1. The molecule has 0 amide bonds. The molecule has 0 saturated heterocycles. The Morgan fingerprint density at radius 2 is 2.44 bits per heavy atom. The normalized spacial score (nSPS) is 9.56. The molecule has 1 heterocycles. The molecule has 0 N–H and O–H groups in total. The van der Waals surface area contributed by atoms with Crippen molar-refractivity contribution in [3.05, 3.63) is 28.9 Å². The first-order chi connectivity index (χ1) is 4.34. The van der Waals surface area contributed by atoms with Crippen LogP contribution in [0, 0.1) is 6.42 Å². The number of aromatic nitrogens is 2. The van der Waals surface area contributed by atoms with Crippen LogP contribution in [-0.4, -0.2) is 10.2 Å². The number of hydrogen-bond acceptors (Lipinski definition) is 2. The second-order valence-corrected chi connectivity index (χ2v) is 2.41. The van der Waals surface area contributed by atoms with Gasteiger partial charge < -0.3 is 0 Å². The fourth-order valence-electron chi connectivity index (χ4n) is 0.523. The van der Waals surface area contributed by atoms with Gasteiger partial charge in [0.05, 0.1) is 11.9 Å². The van der Waals surface area contributed by atoms with Crippen molar-refractivity contribution in [1.82, 2.24) is 10.2 Å². The van der Waals surface area contributed by atoms with Crippen LogP contribution in [0.2, 0.25) is 0 Å². The minimum atomic E-state index is 0.887. The summed E-state index contributed by atoms with van der Waals surface area (Å²) in [5, 5.41) is 7.55. The van der Waals surface area contributed by atoms with Gasteiger partial charge in [-0.25, -0.2) is 0 Å². The van der Waals surface area contributed by atoms with Crippen LogP contribution < -0.4 is 0 Å². The lowest BCUT2D eigenvalue weighted by Gasteiger charge is -1.93. The molecule has 0 bridgehead atoms. The van der Waals surface area contributed by atoms with Crippen LogP contribution in [-0.2, 0) is 0 Å². The Kier molecular flexibility index (Phi) is 2.16. The molecule has 0 aliphatic rings. The van der Waals surface area contributed by atoms with Gasteiger partial charge in [-0.05, 0) is 22.0 Å². The Morgan fingerprint density at radius 3 is 2.89 bits per heavy atom. The average molecular weight is 186 g/mol. The first-order valence-electron chi connectivity index (χ1n) is 2.61. The lowest BCUT2D eigenvalue weighted by Crippen LogP contribution is -1.87. The van der Waals surface area contributed by atoms with Crippen molar-refractivity contribution in [2.24, 2.45) is 0 Å². The molecule has 0 aliphatic carbocycles. The average Bonchev–Trinajstić information content (AvgIpc) is 1.89. The van der Waals surface area contributed by atoms with Crippen molar-refractivity contribution in [3.8, 4) is 0 Å². The second kappa shape index (κ2) is 2.92. The number of nitrogens with zero attached hydrogens (tertiary/aromatic N) is 2. The third-order valence-electron chi connectivity index (χ3n) is 0.971. The van der Waals surface area contributed by atoms with E-state index >= 15 is 0 Å². The van der Waals surface area contributed by atoms with Crippen LogP contribution in [0.4, 0.5) is 0 Å². The monoisotopic (exact) mass is 185 g/mol. The molecule has 9 heavy (non-hydrogen) atoms. The number of rotatable bonds is 1. The zero-order valence-corrected chi connectivity index (χ0v) is 6.59. The quantitative estimate of drug-likeness (QED) is 0.668. The van der Waals surface area contributed by atoms with Gasteiger partial charge in [-0.15, -0.1) is 0 Å². The molecule has 0 aromatic carbocycles. The van der Waals surface area contributed by atoms with E-state index < -0.39 is 0 Å². The van der Waals surface area contributed by atoms with Crippen molar-refractivity contribution in [1.29, 1.82) is 0 Å². The fraction of sp³-hybridized carbons (Fsp3) is 0.167. The van der Waals surface area contributed by atoms with E-state index in [-0.39, 0.29) is 0 Å². The highest BCUT2D eigenvalue weighted by Gasteiger charge is 1.95. The molecule has 0 saturated carbocycles. The van der Waals surface area contributed by atoms with E-state index in [1.54, 1.807) is 6.20 Å². The lowest BCUT2D eigenvalue weighted by atomic mass is 10.3. The van der Waals surface area contributed by atoms with Gasteiger partial charge in [0.2, 0.25) is 0 Å². The van der Waals surface area contributed by atoms with Gasteiger partial charge in [0, 0.05) is 10.9 Å². The maximum Gasteiger partial charge on any atom is 0.0807 e. The van der Waals surface area contributed by atoms with Gasteiger partial charge in [0.1, 0.15) is 0 Å². The minimum Gasteiger partial charge on any atom is -0.159 e. The van der Waals surface area contributed by atoms with Gasteiger partial charge in [-0.2, -0.15) is 10.2 Å². The van der Waals surface area contributed by atoms with Crippen molar-refractivity contribution < 1.29 is 0 Å². The van der Waals surface area contributed by atoms with E-state index in [2.05, 4.69) is 26.1 Å². The smallest absolute Gasteiger partial charge is 0.0807 e. The molecule has 1 rings (SSSR count). The van der Waals surface area contributed by atoms with Gasteiger partial charge in [0.15, 0.2) is 0 Å². The summed E-state index contributed by atoms with van der Waals surface area (Å²) in [5.41, 5.74) is 0.887. The Labute approximate surface area is 62.4 Å². The summed E-state index contributed by atoms with van der Waals surface area (Å²) in [5.74, 6) is 0. The van der Waals surface area contributed by atoms with E-state index in [0.29, 0.717) is 0 Å². The summed E-state index contributed by atoms with van der Waals surface area (Å²) >= 11 is 3.32. The molecule has 1 aromatic rings. The van der Waals surface area contributed by atoms with E-state index in [9.17, 15) is 0 Å². The largest absolute Gasteiger partial charge is 0.159 e. The molecule has 1 aromatic heterocycles. The SMILES string of the molecule is C[CH]c1nnccc1Br. The molecule has 0 unspecified atom stereocenters.